The summed E-state index contributed by atoms with van der Waals surface area (Å²) in [6, 6.07) is 7.79. The molecule has 3 heteroatoms. The predicted molar refractivity (Wildman–Crippen MR) is 70.2 cm³/mol. The standard InChI is InChI=1S/C13H11ClN2/c1-9(14)4-5-10-6-7-11-3-2-8-16-13(11)12(10)15/h2-8H,1,15H2/b5-4-. The van der Waals surface area contributed by atoms with E-state index in [0.29, 0.717) is 10.7 Å². The van der Waals surface area contributed by atoms with Gasteiger partial charge in [0.25, 0.3) is 0 Å². The van der Waals surface area contributed by atoms with Crippen LogP contribution < -0.4 is 5.73 Å². The lowest BCUT2D eigenvalue weighted by Gasteiger charge is -2.04. The Hall–Kier alpha value is -1.80. The van der Waals surface area contributed by atoms with Crippen LogP contribution in [0.25, 0.3) is 17.0 Å². The maximum atomic E-state index is 6.02. The summed E-state index contributed by atoms with van der Waals surface area (Å²) < 4.78 is 0. The number of hydrogen-bond acceptors (Lipinski definition) is 2. The average molecular weight is 231 g/mol. The van der Waals surface area contributed by atoms with Gasteiger partial charge in [0, 0.05) is 16.6 Å². The molecule has 0 aliphatic heterocycles. The first kappa shape index (κ1) is 10.7. The molecule has 0 atom stereocenters. The zero-order valence-electron chi connectivity index (χ0n) is 8.65. The summed E-state index contributed by atoms with van der Waals surface area (Å²) in [5, 5.41) is 1.50. The van der Waals surface area contributed by atoms with Crippen LogP contribution in [0.15, 0.2) is 48.1 Å². The quantitative estimate of drug-likeness (QED) is 0.633. The highest BCUT2D eigenvalue weighted by Gasteiger charge is 2.02. The van der Waals surface area contributed by atoms with E-state index in [2.05, 4.69) is 11.6 Å². The zero-order chi connectivity index (χ0) is 11.5. The third kappa shape index (κ3) is 2.07. The fraction of sp³-hybridized carbons (Fsp3) is 0. The molecular formula is C13H11ClN2. The lowest BCUT2D eigenvalue weighted by molar-refractivity contribution is 1.41. The average Bonchev–Trinajstić information content (AvgIpc) is 2.28. The minimum absolute atomic E-state index is 0.473. The molecule has 0 spiro atoms. The van der Waals surface area contributed by atoms with Gasteiger partial charge in [-0.05, 0) is 17.7 Å². The molecule has 80 valence electrons. The summed E-state index contributed by atoms with van der Waals surface area (Å²) in [4.78, 5) is 4.25. The molecule has 1 aromatic heterocycles. The fourth-order valence-electron chi connectivity index (χ4n) is 1.51. The monoisotopic (exact) mass is 230 g/mol. The van der Waals surface area contributed by atoms with Crippen molar-refractivity contribution in [3.05, 3.63) is 53.7 Å². The summed E-state index contributed by atoms with van der Waals surface area (Å²) in [7, 11) is 0. The second kappa shape index (κ2) is 4.37. The summed E-state index contributed by atoms with van der Waals surface area (Å²) >= 11 is 5.66. The number of anilines is 1. The van der Waals surface area contributed by atoms with Gasteiger partial charge in [-0.15, -0.1) is 0 Å². The van der Waals surface area contributed by atoms with Crippen LogP contribution >= 0.6 is 11.6 Å². The smallest absolute Gasteiger partial charge is 0.0937 e. The summed E-state index contributed by atoms with van der Waals surface area (Å²) in [5.74, 6) is 0. The topological polar surface area (TPSA) is 38.9 Å². The number of rotatable bonds is 2. The molecule has 0 bridgehead atoms. The van der Waals surface area contributed by atoms with Crippen LogP contribution in [0.2, 0.25) is 0 Å². The van der Waals surface area contributed by atoms with Gasteiger partial charge in [-0.2, -0.15) is 0 Å². The highest BCUT2D eigenvalue weighted by atomic mass is 35.5. The Labute approximate surface area is 99.1 Å². The summed E-state index contributed by atoms with van der Waals surface area (Å²) in [6.45, 7) is 3.58. The molecular weight excluding hydrogens is 220 g/mol. The fourth-order valence-corrected chi connectivity index (χ4v) is 1.57. The van der Waals surface area contributed by atoms with Crippen molar-refractivity contribution < 1.29 is 0 Å². The SMILES string of the molecule is C=C(Cl)/C=C\c1ccc2cccnc2c1N. The summed E-state index contributed by atoms with van der Waals surface area (Å²) in [5.41, 5.74) is 8.38. The molecule has 0 saturated heterocycles. The van der Waals surface area contributed by atoms with Crippen LogP contribution in [-0.2, 0) is 0 Å². The minimum atomic E-state index is 0.473. The molecule has 1 aromatic carbocycles. The largest absolute Gasteiger partial charge is 0.396 e. The Morgan fingerprint density at radius 2 is 2.19 bits per heavy atom. The van der Waals surface area contributed by atoms with Crippen molar-refractivity contribution in [1.29, 1.82) is 0 Å². The van der Waals surface area contributed by atoms with Crippen LogP contribution in [0.4, 0.5) is 5.69 Å². The normalized spacial score (nSPS) is 11.1. The molecule has 16 heavy (non-hydrogen) atoms. The number of aromatic nitrogens is 1. The number of allylic oxidation sites excluding steroid dienone is 2. The molecule has 0 unspecified atom stereocenters. The first-order chi connectivity index (χ1) is 7.68. The number of nitrogen functional groups attached to an aromatic ring is 1. The second-order valence-corrected chi connectivity index (χ2v) is 3.91. The van der Waals surface area contributed by atoms with E-state index in [1.54, 1.807) is 12.3 Å². The number of benzene rings is 1. The van der Waals surface area contributed by atoms with E-state index in [0.717, 1.165) is 16.5 Å². The van der Waals surface area contributed by atoms with Crippen molar-refractivity contribution in [3.8, 4) is 0 Å². The van der Waals surface area contributed by atoms with Gasteiger partial charge in [0.05, 0.1) is 11.2 Å². The Morgan fingerprint density at radius 3 is 2.94 bits per heavy atom. The van der Waals surface area contributed by atoms with Gasteiger partial charge < -0.3 is 5.73 Å². The van der Waals surface area contributed by atoms with Crippen LogP contribution in [0.5, 0.6) is 0 Å². The lowest BCUT2D eigenvalue weighted by Crippen LogP contribution is -1.92. The van der Waals surface area contributed by atoms with E-state index in [-0.39, 0.29) is 0 Å². The number of pyridine rings is 1. The Bertz CT molecular complexity index is 573. The highest BCUT2D eigenvalue weighted by Crippen LogP contribution is 2.24. The second-order valence-electron chi connectivity index (χ2n) is 3.42. The molecule has 2 nitrogen and oxygen atoms in total. The van der Waals surface area contributed by atoms with E-state index in [1.165, 1.54) is 0 Å². The minimum Gasteiger partial charge on any atom is -0.396 e. The highest BCUT2D eigenvalue weighted by molar-refractivity contribution is 6.31. The summed E-state index contributed by atoms with van der Waals surface area (Å²) in [6.07, 6.45) is 5.27. The molecule has 0 aliphatic carbocycles. The van der Waals surface area contributed by atoms with E-state index in [1.807, 2.05) is 30.3 Å². The van der Waals surface area contributed by atoms with Crippen molar-refractivity contribution in [3.63, 3.8) is 0 Å². The van der Waals surface area contributed by atoms with Gasteiger partial charge >= 0.3 is 0 Å². The van der Waals surface area contributed by atoms with Crippen molar-refractivity contribution >= 4 is 34.3 Å². The maximum absolute atomic E-state index is 6.02. The molecule has 0 aliphatic rings. The van der Waals surface area contributed by atoms with Gasteiger partial charge in [0.1, 0.15) is 0 Å². The van der Waals surface area contributed by atoms with Crippen LogP contribution in [0, 0.1) is 0 Å². The molecule has 0 fully saturated rings. The van der Waals surface area contributed by atoms with Crippen LogP contribution in [0.3, 0.4) is 0 Å². The molecule has 2 N–H and O–H groups in total. The number of nitrogens with zero attached hydrogens (tertiary/aromatic N) is 1. The number of halogens is 1. The third-order valence-corrected chi connectivity index (χ3v) is 2.42. The number of fused-ring (bicyclic) bond motifs is 1. The van der Waals surface area contributed by atoms with Crippen molar-refractivity contribution in [2.24, 2.45) is 0 Å². The van der Waals surface area contributed by atoms with Crippen molar-refractivity contribution in [2.45, 2.75) is 0 Å². The lowest BCUT2D eigenvalue weighted by atomic mass is 10.1. The van der Waals surface area contributed by atoms with Gasteiger partial charge in [-0.3, -0.25) is 4.98 Å². The third-order valence-electron chi connectivity index (χ3n) is 2.29. The number of nitrogens with two attached hydrogens (primary N) is 1. The van der Waals surface area contributed by atoms with E-state index in [4.69, 9.17) is 17.3 Å². The molecule has 0 amide bonds. The molecule has 0 saturated carbocycles. The van der Waals surface area contributed by atoms with E-state index < -0.39 is 0 Å². The first-order valence-electron chi connectivity index (χ1n) is 4.84. The van der Waals surface area contributed by atoms with Gasteiger partial charge in [0.2, 0.25) is 0 Å². The van der Waals surface area contributed by atoms with Gasteiger partial charge in [-0.25, -0.2) is 0 Å². The van der Waals surface area contributed by atoms with Crippen molar-refractivity contribution in [1.82, 2.24) is 4.98 Å². The molecule has 2 aromatic rings. The van der Waals surface area contributed by atoms with Crippen molar-refractivity contribution in [2.75, 3.05) is 5.73 Å². The molecule has 1 heterocycles. The van der Waals surface area contributed by atoms with E-state index >= 15 is 0 Å². The maximum Gasteiger partial charge on any atom is 0.0937 e. The van der Waals surface area contributed by atoms with Crippen LogP contribution in [0.1, 0.15) is 5.56 Å². The van der Waals surface area contributed by atoms with Gasteiger partial charge in [-0.1, -0.05) is 42.5 Å². The van der Waals surface area contributed by atoms with Gasteiger partial charge in [0.15, 0.2) is 0 Å². The first-order valence-corrected chi connectivity index (χ1v) is 5.22. The molecule has 0 radical (unpaired) electrons. The van der Waals surface area contributed by atoms with Crippen LogP contribution in [-0.4, -0.2) is 4.98 Å². The zero-order valence-corrected chi connectivity index (χ0v) is 9.41. The Morgan fingerprint density at radius 1 is 1.38 bits per heavy atom. The Kier molecular flexibility index (Phi) is 2.93. The van der Waals surface area contributed by atoms with E-state index in [9.17, 15) is 0 Å². The molecule has 2 rings (SSSR count). The Balaban J connectivity index is 2.56. The number of hydrogen-bond donors (Lipinski definition) is 1. The predicted octanol–water partition coefficient (Wildman–Crippen LogP) is 3.58.